The third-order valence-electron chi connectivity index (χ3n) is 5.01. The standard InChI is InChI=1S/C27H19NO2/c28-20-21-11-10-12-22(19-21)26(29)30-27(23-13-4-1-5-14-23,24-15-6-2-7-16-24)25-17-8-3-9-18-25/h1-19H. The zero-order valence-electron chi connectivity index (χ0n) is 16.2. The van der Waals surface area contributed by atoms with Gasteiger partial charge in [0.2, 0.25) is 0 Å². The average molecular weight is 389 g/mol. The summed E-state index contributed by atoms with van der Waals surface area (Å²) in [4.78, 5) is 13.3. The molecule has 0 aliphatic heterocycles. The van der Waals surface area contributed by atoms with Crippen molar-refractivity contribution < 1.29 is 9.53 Å². The van der Waals surface area contributed by atoms with Gasteiger partial charge < -0.3 is 4.74 Å². The van der Waals surface area contributed by atoms with Crippen LogP contribution in [0.5, 0.6) is 0 Å². The number of hydrogen-bond acceptors (Lipinski definition) is 3. The smallest absolute Gasteiger partial charge is 0.339 e. The van der Waals surface area contributed by atoms with Gasteiger partial charge in [-0.3, -0.25) is 0 Å². The van der Waals surface area contributed by atoms with Crippen molar-refractivity contribution in [3.8, 4) is 6.07 Å². The van der Waals surface area contributed by atoms with Crippen LogP contribution in [0.2, 0.25) is 0 Å². The largest absolute Gasteiger partial charge is 0.441 e. The number of nitrogens with zero attached hydrogens (tertiary/aromatic N) is 1. The first kappa shape index (κ1) is 19.2. The van der Waals surface area contributed by atoms with E-state index in [1.54, 1.807) is 24.3 Å². The summed E-state index contributed by atoms with van der Waals surface area (Å²) in [5.74, 6) is -0.497. The molecule has 4 rings (SSSR count). The van der Waals surface area contributed by atoms with E-state index in [4.69, 9.17) is 4.74 Å². The number of carbonyl (C=O) groups is 1. The van der Waals surface area contributed by atoms with Crippen LogP contribution in [-0.4, -0.2) is 5.97 Å². The molecule has 0 N–H and O–H groups in total. The van der Waals surface area contributed by atoms with Gasteiger partial charge in [0.15, 0.2) is 5.60 Å². The van der Waals surface area contributed by atoms with Crippen LogP contribution in [0.15, 0.2) is 115 Å². The molecule has 0 saturated carbocycles. The molecule has 0 spiro atoms. The molecule has 0 fully saturated rings. The molecule has 3 nitrogen and oxygen atoms in total. The Kier molecular flexibility index (Phi) is 5.41. The predicted octanol–water partition coefficient (Wildman–Crippen LogP) is 5.71. The van der Waals surface area contributed by atoms with Gasteiger partial charge in [-0.15, -0.1) is 0 Å². The van der Waals surface area contributed by atoms with Crippen LogP contribution in [0.1, 0.15) is 32.6 Å². The lowest BCUT2D eigenvalue weighted by Gasteiger charge is -2.35. The summed E-state index contributed by atoms with van der Waals surface area (Å²) in [5, 5.41) is 9.21. The SMILES string of the molecule is N#Cc1cccc(C(=O)OC(c2ccccc2)(c2ccccc2)c2ccccc2)c1. The van der Waals surface area contributed by atoms with Gasteiger partial charge in [0.25, 0.3) is 0 Å². The molecule has 0 atom stereocenters. The molecule has 0 amide bonds. The summed E-state index contributed by atoms with van der Waals surface area (Å²) in [6.07, 6.45) is 0. The number of nitriles is 1. The molecular weight excluding hydrogens is 370 g/mol. The van der Waals surface area contributed by atoms with Gasteiger partial charge in [0.1, 0.15) is 0 Å². The summed E-state index contributed by atoms with van der Waals surface area (Å²) in [6, 6.07) is 37.8. The minimum atomic E-state index is -1.14. The van der Waals surface area contributed by atoms with E-state index in [2.05, 4.69) is 6.07 Å². The van der Waals surface area contributed by atoms with E-state index in [0.717, 1.165) is 16.7 Å². The Labute approximate surface area is 175 Å². The van der Waals surface area contributed by atoms with Crippen LogP contribution in [0.4, 0.5) is 0 Å². The quantitative estimate of drug-likeness (QED) is 0.325. The topological polar surface area (TPSA) is 50.1 Å². The van der Waals surface area contributed by atoms with Gasteiger partial charge in [-0.05, 0) is 18.2 Å². The molecule has 4 aromatic carbocycles. The van der Waals surface area contributed by atoms with Gasteiger partial charge in [-0.25, -0.2) is 4.79 Å². The highest BCUT2D eigenvalue weighted by atomic mass is 16.6. The molecule has 0 bridgehead atoms. The van der Waals surface area contributed by atoms with E-state index in [-0.39, 0.29) is 0 Å². The second-order valence-corrected chi connectivity index (χ2v) is 6.86. The Hall–Kier alpha value is -4.16. The van der Waals surface area contributed by atoms with Gasteiger partial charge in [-0.2, -0.15) is 5.26 Å². The number of rotatable bonds is 5. The maximum Gasteiger partial charge on any atom is 0.339 e. The van der Waals surface area contributed by atoms with Crippen molar-refractivity contribution in [2.75, 3.05) is 0 Å². The molecule has 0 aromatic heterocycles. The van der Waals surface area contributed by atoms with Crippen molar-refractivity contribution in [1.29, 1.82) is 5.26 Å². The van der Waals surface area contributed by atoms with Crippen LogP contribution in [0.25, 0.3) is 0 Å². The monoisotopic (exact) mass is 389 g/mol. The Morgan fingerprint density at radius 1 is 0.667 bits per heavy atom. The summed E-state index contributed by atoms with van der Waals surface area (Å²) < 4.78 is 6.33. The first-order valence-corrected chi connectivity index (χ1v) is 9.64. The third-order valence-corrected chi connectivity index (χ3v) is 5.01. The van der Waals surface area contributed by atoms with Gasteiger partial charge in [-0.1, -0.05) is 97.1 Å². The molecule has 0 aliphatic carbocycles. The van der Waals surface area contributed by atoms with E-state index >= 15 is 0 Å². The fourth-order valence-corrected chi connectivity index (χ4v) is 3.61. The number of ether oxygens (including phenoxy) is 1. The molecule has 144 valence electrons. The Balaban J connectivity index is 1.93. The average Bonchev–Trinajstić information content (AvgIpc) is 2.84. The minimum Gasteiger partial charge on any atom is -0.441 e. The molecule has 4 aromatic rings. The molecule has 0 radical (unpaired) electrons. The highest BCUT2D eigenvalue weighted by Crippen LogP contribution is 2.41. The normalized spacial score (nSPS) is 10.8. The van der Waals surface area contributed by atoms with Gasteiger partial charge >= 0.3 is 5.97 Å². The summed E-state index contributed by atoms with van der Waals surface area (Å²) in [7, 11) is 0. The Morgan fingerprint density at radius 2 is 1.13 bits per heavy atom. The van der Waals surface area contributed by atoms with Crippen LogP contribution in [0.3, 0.4) is 0 Å². The second-order valence-electron chi connectivity index (χ2n) is 6.86. The first-order valence-electron chi connectivity index (χ1n) is 9.64. The van der Waals surface area contributed by atoms with Crippen molar-refractivity contribution in [2.24, 2.45) is 0 Å². The number of hydrogen-bond donors (Lipinski definition) is 0. The second kappa shape index (κ2) is 8.46. The van der Waals surface area contributed by atoms with Crippen LogP contribution in [0, 0.1) is 11.3 Å². The van der Waals surface area contributed by atoms with Crippen molar-refractivity contribution in [3.63, 3.8) is 0 Å². The Bertz CT molecular complexity index is 1080. The van der Waals surface area contributed by atoms with Crippen molar-refractivity contribution in [1.82, 2.24) is 0 Å². The lowest BCUT2D eigenvalue weighted by molar-refractivity contribution is 0.0141. The molecule has 3 heteroatoms. The fraction of sp³-hybridized carbons (Fsp3) is 0.0370. The summed E-state index contributed by atoms with van der Waals surface area (Å²) in [5.41, 5.74) is 2.13. The first-order chi connectivity index (χ1) is 14.7. The maximum absolute atomic E-state index is 13.3. The highest BCUT2D eigenvalue weighted by Gasteiger charge is 2.40. The molecular formula is C27H19NO2. The van der Waals surface area contributed by atoms with E-state index in [0.29, 0.717) is 11.1 Å². The van der Waals surface area contributed by atoms with Crippen LogP contribution >= 0.6 is 0 Å². The molecule has 0 saturated heterocycles. The number of esters is 1. The van der Waals surface area contributed by atoms with Crippen LogP contribution < -0.4 is 0 Å². The van der Waals surface area contributed by atoms with Crippen molar-refractivity contribution >= 4 is 5.97 Å². The van der Waals surface area contributed by atoms with E-state index < -0.39 is 11.6 Å². The van der Waals surface area contributed by atoms with E-state index in [9.17, 15) is 10.1 Å². The zero-order valence-corrected chi connectivity index (χ0v) is 16.2. The minimum absolute atomic E-state index is 0.334. The van der Waals surface area contributed by atoms with Gasteiger partial charge in [0, 0.05) is 16.7 Å². The lowest BCUT2D eigenvalue weighted by atomic mass is 9.80. The summed E-state index contributed by atoms with van der Waals surface area (Å²) in [6.45, 7) is 0. The molecule has 0 unspecified atom stereocenters. The third kappa shape index (κ3) is 3.59. The van der Waals surface area contributed by atoms with Crippen molar-refractivity contribution in [3.05, 3.63) is 143 Å². The van der Waals surface area contributed by atoms with E-state index in [1.807, 2.05) is 91.0 Å². The lowest BCUT2D eigenvalue weighted by Crippen LogP contribution is -2.35. The Morgan fingerprint density at radius 3 is 1.57 bits per heavy atom. The van der Waals surface area contributed by atoms with Crippen molar-refractivity contribution in [2.45, 2.75) is 5.60 Å². The zero-order chi connectivity index (χ0) is 20.8. The molecule has 0 heterocycles. The highest BCUT2D eigenvalue weighted by molar-refractivity contribution is 5.90. The molecule has 30 heavy (non-hydrogen) atoms. The van der Waals surface area contributed by atoms with E-state index in [1.165, 1.54) is 0 Å². The fourth-order valence-electron chi connectivity index (χ4n) is 3.61. The van der Waals surface area contributed by atoms with Crippen LogP contribution in [-0.2, 0) is 10.3 Å². The maximum atomic E-state index is 13.3. The number of carbonyl (C=O) groups excluding carboxylic acids is 1. The molecule has 0 aliphatic rings. The predicted molar refractivity (Wildman–Crippen MR) is 116 cm³/mol. The number of benzene rings is 4. The summed E-state index contributed by atoms with van der Waals surface area (Å²) >= 11 is 0. The van der Waals surface area contributed by atoms with Gasteiger partial charge in [0.05, 0.1) is 17.2 Å².